The smallest absolute Gasteiger partial charge is 0.191 e. The molecule has 2 rings (SSSR count). The van der Waals surface area contributed by atoms with E-state index in [1.165, 1.54) is 24.9 Å². The van der Waals surface area contributed by atoms with Crippen LogP contribution in [0.2, 0.25) is 0 Å². The average Bonchev–Trinajstić information content (AvgIpc) is 3.07. The third kappa shape index (κ3) is 6.49. The zero-order valence-electron chi connectivity index (χ0n) is 15.1. The molecule has 0 radical (unpaired) electrons. The number of aryl methyl sites for hydroxylation is 1. The summed E-state index contributed by atoms with van der Waals surface area (Å²) in [5.74, 6) is 0.904. The van der Waals surface area contributed by atoms with E-state index in [1.54, 1.807) is 7.11 Å². The normalized spacial score (nSPS) is 18.8. The van der Waals surface area contributed by atoms with Crippen LogP contribution in [0.1, 0.15) is 24.8 Å². The van der Waals surface area contributed by atoms with Crippen LogP contribution in [-0.2, 0) is 11.2 Å². The molecular weight excluding hydrogens is 300 g/mol. The lowest BCUT2D eigenvalue weighted by Crippen LogP contribution is -2.45. The van der Waals surface area contributed by atoms with E-state index in [1.807, 2.05) is 7.05 Å². The van der Waals surface area contributed by atoms with Crippen molar-refractivity contribution in [1.29, 1.82) is 0 Å². The molecule has 1 heterocycles. The van der Waals surface area contributed by atoms with Crippen molar-refractivity contribution in [3.05, 3.63) is 35.9 Å². The fourth-order valence-corrected chi connectivity index (χ4v) is 3.21. The average molecular weight is 332 g/mol. The summed E-state index contributed by atoms with van der Waals surface area (Å²) in [6.07, 6.45) is 4.73. The van der Waals surface area contributed by atoms with E-state index >= 15 is 0 Å². The minimum Gasteiger partial charge on any atom is -0.383 e. The first-order valence-corrected chi connectivity index (χ1v) is 9.05. The third-order valence-electron chi connectivity index (χ3n) is 4.59. The van der Waals surface area contributed by atoms with Gasteiger partial charge in [0.05, 0.1) is 6.61 Å². The van der Waals surface area contributed by atoms with Gasteiger partial charge in [-0.15, -0.1) is 0 Å². The van der Waals surface area contributed by atoms with Crippen molar-refractivity contribution in [2.24, 2.45) is 4.99 Å². The summed E-state index contributed by atoms with van der Waals surface area (Å²) in [4.78, 5) is 6.85. The van der Waals surface area contributed by atoms with Crippen LogP contribution >= 0.6 is 0 Å². The van der Waals surface area contributed by atoms with Crippen molar-refractivity contribution in [1.82, 2.24) is 15.5 Å². The quantitative estimate of drug-likeness (QED) is 0.412. The predicted molar refractivity (Wildman–Crippen MR) is 101 cm³/mol. The molecule has 1 saturated heterocycles. The van der Waals surface area contributed by atoms with Crippen molar-refractivity contribution in [3.63, 3.8) is 0 Å². The first-order chi connectivity index (χ1) is 11.8. The molecule has 1 unspecified atom stereocenters. The minimum atomic E-state index is 0.586. The molecule has 1 atom stereocenters. The number of aliphatic imine (C=N–C) groups is 1. The van der Waals surface area contributed by atoms with Gasteiger partial charge < -0.3 is 15.4 Å². The summed E-state index contributed by atoms with van der Waals surface area (Å²) in [6.45, 7) is 4.89. The maximum Gasteiger partial charge on any atom is 0.191 e. The summed E-state index contributed by atoms with van der Waals surface area (Å²) in [6, 6.07) is 11.2. The van der Waals surface area contributed by atoms with Gasteiger partial charge in [0.1, 0.15) is 0 Å². The summed E-state index contributed by atoms with van der Waals surface area (Å²) >= 11 is 0. The van der Waals surface area contributed by atoms with E-state index in [2.05, 4.69) is 50.9 Å². The number of methoxy groups -OCH3 is 1. The van der Waals surface area contributed by atoms with Crippen molar-refractivity contribution >= 4 is 5.96 Å². The van der Waals surface area contributed by atoms with Gasteiger partial charge in [-0.2, -0.15) is 0 Å². The molecule has 0 bridgehead atoms. The highest BCUT2D eigenvalue weighted by Crippen LogP contribution is 2.15. The van der Waals surface area contributed by atoms with Crippen LogP contribution in [0.3, 0.4) is 0 Å². The Morgan fingerprint density at radius 3 is 2.88 bits per heavy atom. The van der Waals surface area contributed by atoms with Crippen LogP contribution in [0.4, 0.5) is 0 Å². The molecule has 0 amide bonds. The Labute approximate surface area is 146 Å². The van der Waals surface area contributed by atoms with E-state index in [9.17, 15) is 0 Å². The summed E-state index contributed by atoms with van der Waals surface area (Å²) < 4.78 is 5.20. The first-order valence-electron chi connectivity index (χ1n) is 9.05. The molecule has 24 heavy (non-hydrogen) atoms. The van der Waals surface area contributed by atoms with Gasteiger partial charge in [-0.3, -0.25) is 9.89 Å². The first kappa shape index (κ1) is 18.7. The molecule has 1 aliphatic heterocycles. The molecule has 0 aromatic heterocycles. The summed E-state index contributed by atoms with van der Waals surface area (Å²) in [5.41, 5.74) is 1.39. The Hall–Kier alpha value is -1.59. The molecule has 0 spiro atoms. The van der Waals surface area contributed by atoms with Crippen molar-refractivity contribution in [3.8, 4) is 0 Å². The second-order valence-electron chi connectivity index (χ2n) is 6.29. The minimum absolute atomic E-state index is 0.586. The van der Waals surface area contributed by atoms with Crippen LogP contribution < -0.4 is 10.6 Å². The number of nitrogens with one attached hydrogen (secondary N) is 2. The molecule has 2 N–H and O–H groups in total. The lowest BCUT2D eigenvalue weighted by Gasteiger charge is -2.25. The monoisotopic (exact) mass is 332 g/mol. The molecule has 1 fully saturated rings. The Bertz CT molecular complexity index is 478. The molecule has 1 aliphatic rings. The zero-order valence-corrected chi connectivity index (χ0v) is 15.1. The second kappa shape index (κ2) is 11.0. The van der Waals surface area contributed by atoms with Crippen molar-refractivity contribution in [2.45, 2.75) is 31.7 Å². The van der Waals surface area contributed by atoms with E-state index in [0.29, 0.717) is 6.04 Å². The number of likely N-dealkylation sites (tertiary alicyclic amines) is 1. The fourth-order valence-electron chi connectivity index (χ4n) is 3.21. The second-order valence-corrected chi connectivity index (χ2v) is 6.29. The van der Waals surface area contributed by atoms with Crippen LogP contribution in [0.5, 0.6) is 0 Å². The van der Waals surface area contributed by atoms with E-state index in [0.717, 1.165) is 45.0 Å². The standard InChI is InChI=1S/C19H32N4O/c1-20-19(21-12-6-10-17-8-4-3-5-9-17)22-16-18-11-7-13-23(18)14-15-24-2/h3-5,8-9,18H,6-7,10-16H2,1-2H3,(H2,20,21,22). The molecule has 134 valence electrons. The number of ether oxygens (including phenoxy) is 1. The third-order valence-corrected chi connectivity index (χ3v) is 4.59. The largest absolute Gasteiger partial charge is 0.383 e. The lowest BCUT2D eigenvalue weighted by molar-refractivity contribution is 0.141. The zero-order chi connectivity index (χ0) is 17.0. The van der Waals surface area contributed by atoms with Gasteiger partial charge in [0.25, 0.3) is 0 Å². The number of benzene rings is 1. The highest BCUT2D eigenvalue weighted by atomic mass is 16.5. The summed E-state index contributed by atoms with van der Waals surface area (Å²) in [7, 11) is 3.61. The van der Waals surface area contributed by atoms with Gasteiger partial charge >= 0.3 is 0 Å². The fraction of sp³-hybridized carbons (Fsp3) is 0.632. The molecule has 5 heteroatoms. The van der Waals surface area contributed by atoms with Crippen LogP contribution in [0.15, 0.2) is 35.3 Å². The van der Waals surface area contributed by atoms with Crippen molar-refractivity contribution in [2.75, 3.05) is 46.9 Å². The van der Waals surface area contributed by atoms with Gasteiger partial charge in [0.15, 0.2) is 5.96 Å². The number of rotatable bonds is 9. The number of guanidine groups is 1. The Morgan fingerprint density at radius 1 is 1.29 bits per heavy atom. The van der Waals surface area contributed by atoms with Crippen molar-refractivity contribution < 1.29 is 4.74 Å². The molecule has 5 nitrogen and oxygen atoms in total. The van der Waals surface area contributed by atoms with Crippen LogP contribution in [-0.4, -0.2) is 63.8 Å². The van der Waals surface area contributed by atoms with Gasteiger partial charge in [-0.05, 0) is 37.8 Å². The van der Waals surface area contributed by atoms with Crippen LogP contribution in [0, 0.1) is 0 Å². The molecule has 1 aromatic rings. The highest BCUT2D eigenvalue weighted by molar-refractivity contribution is 5.79. The highest BCUT2D eigenvalue weighted by Gasteiger charge is 2.23. The Balaban J connectivity index is 1.63. The van der Waals surface area contributed by atoms with Gasteiger partial charge in [0, 0.05) is 39.8 Å². The maximum atomic E-state index is 5.20. The predicted octanol–water partition coefficient (Wildman–Crippen LogP) is 1.89. The van der Waals surface area contributed by atoms with Gasteiger partial charge in [0.2, 0.25) is 0 Å². The van der Waals surface area contributed by atoms with Gasteiger partial charge in [-0.1, -0.05) is 30.3 Å². The number of hydrogen-bond acceptors (Lipinski definition) is 3. The molecule has 0 saturated carbocycles. The van der Waals surface area contributed by atoms with Crippen LogP contribution in [0.25, 0.3) is 0 Å². The molecule has 1 aromatic carbocycles. The van der Waals surface area contributed by atoms with E-state index in [4.69, 9.17) is 4.74 Å². The maximum absolute atomic E-state index is 5.20. The number of hydrogen-bond donors (Lipinski definition) is 2. The molecule has 0 aliphatic carbocycles. The van der Waals surface area contributed by atoms with E-state index < -0.39 is 0 Å². The van der Waals surface area contributed by atoms with Gasteiger partial charge in [-0.25, -0.2) is 0 Å². The lowest BCUT2D eigenvalue weighted by atomic mass is 10.1. The number of nitrogens with zero attached hydrogens (tertiary/aromatic N) is 2. The van der Waals surface area contributed by atoms with E-state index in [-0.39, 0.29) is 0 Å². The Kier molecular flexibility index (Phi) is 8.63. The SMILES string of the molecule is CN=C(NCCCc1ccccc1)NCC1CCCN1CCOC. The summed E-state index contributed by atoms with van der Waals surface area (Å²) in [5, 5.41) is 6.89. The topological polar surface area (TPSA) is 48.9 Å². The molecular formula is C19H32N4O. The Morgan fingerprint density at radius 2 is 2.12 bits per heavy atom.